The molecule has 19 nitrogen and oxygen atoms in total. The molecule has 0 aliphatic carbocycles. The lowest BCUT2D eigenvalue weighted by atomic mass is 9.96. The number of aromatic nitrogens is 8. The number of halogens is 2. The second-order valence-electron chi connectivity index (χ2n) is 19.4. The molecule has 0 atom stereocenters. The lowest BCUT2D eigenvalue weighted by Gasteiger charge is -2.28. The summed E-state index contributed by atoms with van der Waals surface area (Å²) in [6.45, 7) is 15.3. The standard InChI is InChI=1S/C26H30N6O4.C23H26N6O2.C4H7ClO.ClH/c1-5-36-25(34)31-12-10-16-14-20(35-4)18(13-17(16)15-31)24(33)28-21-8-6-7-19(27-21)23-30-29-22-9-11-26(2,3)32(22)23;1-23(2)9-7-20-27-28-21(29(20)23)17-5-4-6-19(25-17)26-22(30)16-11-15-13-24-10-8-14(15)12-18(16)31-3;1-2-3-4(5)6;/h6-8,13-14H,5,9-12,15H2,1-4H3,(H,27,28,33);4-6,11-12,24H,7-10,13H2,1-3H3,(H,25,26,30);2-3H2,1H3;1H. The van der Waals surface area contributed by atoms with E-state index in [1.165, 1.54) is 5.56 Å². The van der Waals surface area contributed by atoms with E-state index in [4.69, 9.17) is 25.8 Å². The summed E-state index contributed by atoms with van der Waals surface area (Å²) in [5, 5.41) is 26.3. The highest BCUT2D eigenvalue weighted by Gasteiger charge is 2.36. The molecule has 2 aromatic carbocycles. The van der Waals surface area contributed by atoms with E-state index >= 15 is 0 Å². The molecule has 3 amide bonds. The second-order valence-corrected chi connectivity index (χ2v) is 19.9. The lowest BCUT2D eigenvalue weighted by Crippen LogP contribution is -2.36. The maximum absolute atomic E-state index is 13.3. The number of amides is 3. The van der Waals surface area contributed by atoms with Crippen LogP contribution in [-0.4, -0.2) is 101 Å². The predicted molar refractivity (Wildman–Crippen MR) is 283 cm³/mol. The topological polar surface area (TPSA) is 222 Å². The van der Waals surface area contributed by atoms with Crippen molar-refractivity contribution >= 4 is 58.8 Å². The minimum absolute atomic E-state index is 0. The Balaban J connectivity index is 0.000000194. The summed E-state index contributed by atoms with van der Waals surface area (Å²) in [6, 6.07) is 18.5. The predicted octanol–water partition coefficient (Wildman–Crippen LogP) is 8.70. The number of hydrogen-bond donors (Lipinski definition) is 3. The summed E-state index contributed by atoms with van der Waals surface area (Å²) in [5.41, 5.74) is 6.34. The van der Waals surface area contributed by atoms with Crippen molar-refractivity contribution in [1.82, 2.24) is 49.7 Å². The van der Waals surface area contributed by atoms with Gasteiger partial charge in [0, 0.05) is 50.0 Å². The summed E-state index contributed by atoms with van der Waals surface area (Å²) in [7, 11) is 3.13. The average molecular weight is 1050 g/mol. The molecule has 0 saturated carbocycles. The number of methoxy groups -OCH3 is 2. The van der Waals surface area contributed by atoms with Crippen molar-refractivity contribution in [3.05, 3.63) is 106 Å². The van der Waals surface area contributed by atoms with Gasteiger partial charge < -0.3 is 44.2 Å². The van der Waals surface area contributed by atoms with E-state index in [1.54, 1.807) is 44.2 Å². The van der Waals surface area contributed by atoms with Crippen molar-refractivity contribution in [2.75, 3.05) is 44.5 Å². The van der Waals surface area contributed by atoms with Crippen molar-refractivity contribution in [2.45, 2.75) is 117 Å². The van der Waals surface area contributed by atoms with Gasteiger partial charge in [0.05, 0.1) is 32.0 Å². The first kappa shape index (κ1) is 54.8. The molecule has 0 unspecified atom stereocenters. The van der Waals surface area contributed by atoms with Crippen molar-refractivity contribution in [2.24, 2.45) is 0 Å². The molecule has 3 N–H and O–H groups in total. The molecule has 8 heterocycles. The fraction of sp³-hybridized carbons (Fsp3) is 0.434. The maximum atomic E-state index is 13.3. The van der Waals surface area contributed by atoms with Crippen LogP contribution >= 0.6 is 24.0 Å². The van der Waals surface area contributed by atoms with Gasteiger partial charge in [-0.3, -0.25) is 14.4 Å². The Labute approximate surface area is 442 Å². The lowest BCUT2D eigenvalue weighted by molar-refractivity contribution is -0.111. The first-order valence-electron chi connectivity index (χ1n) is 24.7. The highest BCUT2D eigenvalue weighted by molar-refractivity contribution is 6.63. The van der Waals surface area contributed by atoms with Crippen molar-refractivity contribution in [3.63, 3.8) is 0 Å². The third-order valence-electron chi connectivity index (χ3n) is 13.4. The van der Waals surface area contributed by atoms with Crippen LogP contribution < -0.4 is 25.4 Å². The highest BCUT2D eigenvalue weighted by Crippen LogP contribution is 2.37. The number of carbonyl (C=O) groups excluding carboxylic acids is 4. The van der Waals surface area contributed by atoms with Crippen molar-refractivity contribution < 1.29 is 33.4 Å². The normalized spacial score (nSPS) is 15.2. The van der Waals surface area contributed by atoms with Gasteiger partial charge in [-0.15, -0.1) is 32.8 Å². The molecular weight excluding hydrogens is 988 g/mol. The Morgan fingerprint density at radius 1 is 0.689 bits per heavy atom. The zero-order valence-electron chi connectivity index (χ0n) is 43.1. The number of aryl methyl sites for hydroxylation is 2. The number of nitrogens with zero attached hydrogens (tertiary/aromatic N) is 9. The number of pyridine rings is 2. The van der Waals surface area contributed by atoms with Gasteiger partial charge >= 0.3 is 6.09 Å². The quantitative estimate of drug-likeness (QED) is 0.103. The molecule has 0 saturated heterocycles. The molecule has 392 valence electrons. The Kier molecular flexibility index (Phi) is 17.4. The van der Waals surface area contributed by atoms with Gasteiger partial charge in [0.2, 0.25) is 5.24 Å². The molecule has 0 radical (unpaired) electrons. The first-order chi connectivity index (χ1) is 35.0. The molecule has 4 aliphatic heterocycles. The van der Waals surface area contributed by atoms with Crippen LogP contribution in [0.4, 0.5) is 16.4 Å². The third-order valence-corrected chi connectivity index (χ3v) is 13.6. The molecule has 4 aromatic heterocycles. The van der Waals surface area contributed by atoms with Gasteiger partial charge in [0.15, 0.2) is 11.6 Å². The number of anilines is 2. The number of carbonyl (C=O) groups is 4. The zero-order chi connectivity index (χ0) is 52.0. The van der Waals surface area contributed by atoms with Crippen LogP contribution in [0.15, 0.2) is 60.7 Å². The Morgan fingerprint density at radius 2 is 1.20 bits per heavy atom. The van der Waals surface area contributed by atoms with Gasteiger partial charge in [-0.25, -0.2) is 14.8 Å². The van der Waals surface area contributed by atoms with Gasteiger partial charge in [0.25, 0.3) is 11.8 Å². The summed E-state index contributed by atoms with van der Waals surface area (Å²) >= 11 is 4.94. The monoisotopic (exact) mass is 1050 g/mol. The summed E-state index contributed by atoms with van der Waals surface area (Å²) < 4.78 is 20.5. The van der Waals surface area contributed by atoms with Gasteiger partial charge in [-0.05, 0) is 156 Å². The van der Waals surface area contributed by atoms with Crippen LogP contribution in [-0.2, 0) is 59.4 Å². The molecular formula is C53H64Cl2N12O7. The minimum atomic E-state index is -0.353. The van der Waals surface area contributed by atoms with Crippen LogP contribution in [0.1, 0.15) is 122 Å². The molecule has 0 fully saturated rings. The molecule has 10 rings (SSSR count). The largest absolute Gasteiger partial charge is 0.496 e. The van der Waals surface area contributed by atoms with Gasteiger partial charge in [-0.1, -0.05) is 19.1 Å². The van der Waals surface area contributed by atoms with Crippen LogP contribution in [0.3, 0.4) is 0 Å². The fourth-order valence-corrected chi connectivity index (χ4v) is 9.79. The number of ether oxygens (including phenoxy) is 3. The first-order valence-corrected chi connectivity index (χ1v) is 25.1. The average Bonchev–Trinajstić information content (AvgIpc) is 4.16. The number of nitrogens with one attached hydrogen (secondary N) is 3. The molecule has 0 spiro atoms. The third kappa shape index (κ3) is 12.0. The molecule has 21 heteroatoms. The maximum Gasteiger partial charge on any atom is 0.410 e. The van der Waals surface area contributed by atoms with Gasteiger partial charge in [-0.2, -0.15) is 0 Å². The summed E-state index contributed by atoms with van der Waals surface area (Å²) in [5.74, 6) is 4.66. The SMILES string of the molecule is CCCC(=O)Cl.CCOC(=O)N1CCc2cc(OC)c(C(=O)Nc3cccc(-c4nnc5n4C(C)(C)CC5)n3)cc2C1.COc1cc2c(cc1C(=O)Nc1cccc(-c3nnc4n3C(C)(C)CC4)n1)CNCC2.Cl. The van der Waals surface area contributed by atoms with E-state index in [0.29, 0.717) is 84.0 Å². The number of rotatable bonds is 11. The minimum Gasteiger partial charge on any atom is -0.496 e. The van der Waals surface area contributed by atoms with E-state index in [0.717, 1.165) is 85.8 Å². The second kappa shape index (κ2) is 23.5. The van der Waals surface area contributed by atoms with Crippen LogP contribution in [0.2, 0.25) is 0 Å². The van der Waals surface area contributed by atoms with E-state index < -0.39 is 0 Å². The van der Waals surface area contributed by atoms with Crippen molar-refractivity contribution in [1.29, 1.82) is 0 Å². The molecule has 4 aliphatic rings. The van der Waals surface area contributed by atoms with Crippen LogP contribution in [0.5, 0.6) is 11.5 Å². The Hall–Kier alpha value is -6.96. The summed E-state index contributed by atoms with van der Waals surface area (Å²) in [4.78, 5) is 59.4. The van der Waals surface area contributed by atoms with Gasteiger partial charge in [0.1, 0.15) is 46.2 Å². The molecule has 0 bridgehead atoms. The number of hydrogen-bond acceptors (Lipinski definition) is 14. The number of fused-ring (bicyclic) bond motifs is 4. The van der Waals surface area contributed by atoms with E-state index in [9.17, 15) is 19.2 Å². The zero-order valence-corrected chi connectivity index (χ0v) is 44.7. The van der Waals surface area contributed by atoms with E-state index in [2.05, 4.69) is 83.1 Å². The summed E-state index contributed by atoms with van der Waals surface area (Å²) in [6.07, 6.45) is 6.39. The Bertz CT molecular complexity index is 3040. The van der Waals surface area contributed by atoms with E-state index in [1.807, 2.05) is 49.4 Å². The smallest absolute Gasteiger partial charge is 0.410 e. The van der Waals surface area contributed by atoms with Crippen LogP contribution in [0.25, 0.3) is 23.0 Å². The molecule has 6 aromatic rings. The van der Waals surface area contributed by atoms with Crippen molar-refractivity contribution in [3.8, 4) is 34.5 Å². The number of benzene rings is 2. The molecule has 74 heavy (non-hydrogen) atoms. The van der Waals surface area contributed by atoms with Crippen LogP contribution in [0, 0.1) is 0 Å². The highest BCUT2D eigenvalue weighted by atomic mass is 35.5. The Morgan fingerprint density at radius 3 is 1.68 bits per heavy atom. The fourth-order valence-electron chi connectivity index (χ4n) is 9.60. The van der Waals surface area contributed by atoms with E-state index in [-0.39, 0.29) is 46.6 Å².